The van der Waals surface area contributed by atoms with Gasteiger partial charge in [-0.2, -0.15) is 0 Å². The number of pyridine rings is 1. The molecule has 0 radical (unpaired) electrons. The third-order valence-electron chi connectivity index (χ3n) is 4.34. The number of anilines is 1. The molecule has 1 aromatic heterocycles. The summed E-state index contributed by atoms with van der Waals surface area (Å²) in [6, 6.07) is 20.0. The van der Waals surface area contributed by atoms with Crippen LogP contribution in [0.4, 0.5) is 10.5 Å². The number of fused-ring (bicyclic) bond motifs is 1. The smallest absolute Gasteiger partial charge is 0.317 e. The molecule has 2 amide bonds. The van der Waals surface area contributed by atoms with Gasteiger partial charge in [-0.3, -0.25) is 4.98 Å². The minimum Gasteiger partial charge on any atom is -0.317 e. The van der Waals surface area contributed by atoms with Gasteiger partial charge in [-0.05, 0) is 24.1 Å². The summed E-state index contributed by atoms with van der Waals surface area (Å²) in [6.07, 6.45) is 2.75. The van der Waals surface area contributed by atoms with Crippen molar-refractivity contribution in [1.82, 2.24) is 9.88 Å². The first-order valence-electron chi connectivity index (χ1n) is 7.79. The van der Waals surface area contributed by atoms with Crippen LogP contribution < -0.4 is 5.32 Å². The molecule has 4 rings (SSSR count). The predicted molar refractivity (Wildman–Crippen MR) is 91.3 cm³/mol. The Morgan fingerprint density at radius 2 is 1.87 bits per heavy atom. The largest absolute Gasteiger partial charge is 0.322 e. The lowest BCUT2D eigenvalue weighted by atomic mass is 9.95. The minimum atomic E-state index is -0.0664. The SMILES string of the molecule is O=C(Nc1cccc2cccnc12)N1CC[C@H]1c1ccccc1. The third-order valence-corrected chi connectivity index (χ3v) is 4.34. The van der Waals surface area contributed by atoms with Gasteiger partial charge in [0.1, 0.15) is 0 Å². The molecule has 1 saturated heterocycles. The summed E-state index contributed by atoms with van der Waals surface area (Å²) in [7, 11) is 0. The number of benzene rings is 2. The lowest BCUT2D eigenvalue weighted by Crippen LogP contribution is -2.47. The molecular weight excluding hydrogens is 286 g/mol. The molecule has 0 unspecified atom stereocenters. The van der Waals surface area contributed by atoms with E-state index in [1.807, 2.05) is 53.4 Å². The van der Waals surface area contributed by atoms with Crippen LogP contribution in [-0.4, -0.2) is 22.5 Å². The quantitative estimate of drug-likeness (QED) is 0.770. The van der Waals surface area contributed by atoms with Crippen molar-refractivity contribution in [3.8, 4) is 0 Å². The van der Waals surface area contributed by atoms with E-state index in [1.165, 1.54) is 5.56 Å². The van der Waals surface area contributed by atoms with E-state index >= 15 is 0 Å². The first-order chi connectivity index (χ1) is 11.3. The molecule has 1 fully saturated rings. The summed E-state index contributed by atoms with van der Waals surface area (Å²) in [4.78, 5) is 18.9. The first kappa shape index (κ1) is 13.8. The zero-order valence-electron chi connectivity index (χ0n) is 12.6. The highest BCUT2D eigenvalue weighted by atomic mass is 16.2. The van der Waals surface area contributed by atoms with Gasteiger partial charge in [0.05, 0.1) is 17.2 Å². The van der Waals surface area contributed by atoms with Gasteiger partial charge in [0.2, 0.25) is 0 Å². The van der Waals surface area contributed by atoms with Crippen LogP contribution in [0.2, 0.25) is 0 Å². The molecule has 0 aliphatic carbocycles. The van der Waals surface area contributed by atoms with Crippen LogP contribution in [0.15, 0.2) is 66.9 Å². The second-order valence-corrected chi connectivity index (χ2v) is 5.72. The van der Waals surface area contributed by atoms with E-state index in [0.717, 1.165) is 29.6 Å². The fourth-order valence-electron chi connectivity index (χ4n) is 3.04. The van der Waals surface area contributed by atoms with Crippen LogP contribution in [0.25, 0.3) is 10.9 Å². The van der Waals surface area contributed by atoms with Gasteiger partial charge < -0.3 is 10.2 Å². The van der Waals surface area contributed by atoms with Crippen LogP contribution in [0.3, 0.4) is 0 Å². The summed E-state index contributed by atoms with van der Waals surface area (Å²) < 4.78 is 0. The molecule has 114 valence electrons. The number of urea groups is 1. The van der Waals surface area contributed by atoms with Crippen LogP contribution in [-0.2, 0) is 0 Å². The molecule has 23 heavy (non-hydrogen) atoms. The molecule has 3 aromatic rings. The van der Waals surface area contributed by atoms with Crippen molar-refractivity contribution >= 4 is 22.6 Å². The molecule has 1 aliphatic heterocycles. The molecule has 1 N–H and O–H groups in total. The molecule has 1 atom stereocenters. The highest BCUT2D eigenvalue weighted by molar-refractivity contribution is 5.99. The van der Waals surface area contributed by atoms with Crippen LogP contribution in [0.1, 0.15) is 18.0 Å². The molecule has 2 aromatic carbocycles. The zero-order valence-corrected chi connectivity index (χ0v) is 12.6. The highest BCUT2D eigenvalue weighted by Gasteiger charge is 2.33. The number of rotatable bonds is 2. The van der Waals surface area contributed by atoms with E-state index in [0.29, 0.717) is 0 Å². The Hall–Kier alpha value is -2.88. The molecular formula is C19H17N3O. The van der Waals surface area contributed by atoms with Crippen LogP contribution in [0, 0.1) is 0 Å². The Bertz CT molecular complexity index is 842. The lowest BCUT2D eigenvalue weighted by molar-refractivity contribution is 0.126. The van der Waals surface area contributed by atoms with Crippen molar-refractivity contribution in [2.24, 2.45) is 0 Å². The second-order valence-electron chi connectivity index (χ2n) is 5.72. The van der Waals surface area contributed by atoms with Crippen LogP contribution in [0.5, 0.6) is 0 Å². The number of likely N-dealkylation sites (tertiary alicyclic amines) is 1. The van der Waals surface area contributed by atoms with Gasteiger partial charge in [0.15, 0.2) is 0 Å². The number of nitrogens with one attached hydrogen (secondary N) is 1. The number of nitrogens with zero attached hydrogens (tertiary/aromatic N) is 2. The molecule has 4 heteroatoms. The maximum atomic E-state index is 12.6. The normalized spacial score (nSPS) is 16.9. The van der Waals surface area contributed by atoms with Gasteiger partial charge >= 0.3 is 6.03 Å². The maximum Gasteiger partial charge on any atom is 0.322 e. The fraction of sp³-hybridized carbons (Fsp3) is 0.158. The van der Waals surface area contributed by atoms with Crippen molar-refractivity contribution in [3.05, 3.63) is 72.4 Å². The van der Waals surface area contributed by atoms with Crippen molar-refractivity contribution in [3.63, 3.8) is 0 Å². The van der Waals surface area contributed by atoms with Crippen molar-refractivity contribution in [2.75, 3.05) is 11.9 Å². The maximum absolute atomic E-state index is 12.6. The monoisotopic (exact) mass is 303 g/mol. The first-order valence-corrected chi connectivity index (χ1v) is 7.79. The summed E-state index contributed by atoms with van der Waals surface area (Å²) in [6.45, 7) is 0.781. The predicted octanol–water partition coefficient (Wildman–Crippen LogP) is 4.21. The Kier molecular flexibility index (Phi) is 3.42. The average Bonchev–Trinajstić information content (AvgIpc) is 2.55. The fourth-order valence-corrected chi connectivity index (χ4v) is 3.04. The Morgan fingerprint density at radius 3 is 2.65 bits per heavy atom. The van der Waals surface area contributed by atoms with E-state index in [4.69, 9.17) is 0 Å². The van der Waals surface area contributed by atoms with Gasteiger partial charge in [0.25, 0.3) is 0 Å². The Balaban J connectivity index is 1.56. The molecule has 1 aliphatic rings. The number of hydrogen-bond donors (Lipinski definition) is 1. The van der Waals surface area contributed by atoms with Gasteiger partial charge in [0, 0.05) is 18.1 Å². The van der Waals surface area contributed by atoms with Gasteiger partial charge in [-0.15, -0.1) is 0 Å². The van der Waals surface area contributed by atoms with Crippen molar-refractivity contribution in [2.45, 2.75) is 12.5 Å². The molecule has 0 spiro atoms. The topological polar surface area (TPSA) is 45.2 Å². The third kappa shape index (κ3) is 2.52. The Labute approximate surface area is 134 Å². The standard InChI is InChI=1S/C19H17N3O/c23-19(22-13-11-17(22)14-6-2-1-3-7-14)21-16-10-4-8-15-9-5-12-20-18(15)16/h1-10,12,17H,11,13H2,(H,21,23)/t17-/m0/s1. The van der Waals surface area contributed by atoms with E-state index in [-0.39, 0.29) is 12.1 Å². The molecule has 4 nitrogen and oxygen atoms in total. The van der Waals surface area contributed by atoms with E-state index < -0.39 is 0 Å². The van der Waals surface area contributed by atoms with Crippen LogP contribution >= 0.6 is 0 Å². The number of carbonyl (C=O) groups is 1. The zero-order chi connectivity index (χ0) is 15.6. The molecule has 0 saturated carbocycles. The second kappa shape index (κ2) is 5.72. The Morgan fingerprint density at radius 1 is 1.04 bits per heavy atom. The summed E-state index contributed by atoms with van der Waals surface area (Å²) in [5.74, 6) is 0. The summed E-state index contributed by atoms with van der Waals surface area (Å²) in [5, 5.41) is 4.03. The van der Waals surface area contributed by atoms with Crippen molar-refractivity contribution in [1.29, 1.82) is 0 Å². The van der Waals surface area contributed by atoms with E-state index in [9.17, 15) is 4.79 Å². The van der Waals surface area contributed by atoms with Gasteiger partial charge in [-0.25, -0.2) is 4.79 Å². The molecule has 2 heterocycles. The summed E-state index contributed by atoms with van der Waals surface area (Å²) in [5.41, 5.74) is 2.76. The van der Waals surface area contributed by atoms with Gasteiger partial charge in [-0.1, -0.05) is 48.5 Å². The molecule has 0 bridgehead atoms. The number of hydrogen-bond acceptors (Lipinski definition) is 2. The van der Waals surface area contributed by atoms with E-state index in [2.05, 4.69) is 22.4 Å². The van der Waals surface area contributed by atoms with E-state index in [1.54, 1.807) is 6.20 Å². The van der Waals surface area contributed by atoms with Crippen molar-refractivity contribution < 1.29 is 4.79 Å². The number of carbonyl (C=O) groups excluding carboxylic acids is 1. The number of aromatic nitrogens is 1. The highest BCUT2D eigenvalue weighted by Crippen LogP contribution is 2.33. The number of para-hydroxylation sites is 1. The minimum absolute atomic E-state index is 0.0664. The summed E-state index contributed by atoms with van der Waals surface area (Å²) >= 11 is 0. The lowest BCUT2D eigenvalue weighted by Gasteiger charge is -2.41. The average molecular weight is 303 g/mol. The number of amides is 2.